The van der Waals surface area contributed by atoms with Crippen LogP contribution in [0.25, 0.3) is 11.1 Å². The molecule has 0 bridgehead atoms. The highest BCUT2D eigenvalue weighted by molar-refractivity contribution is 6.38. The molecule has 3 aromatic rings. The predicted octanol–water partition coefficient (Wildman–Crippen LogP) is 2.60. The molecule has 43 heavy (non-hydrogen) atoms. The Balaban J connectivity index is 1.39. The van der Waals surface area contributed by atoms with E-state index in [1.165, 1.54) is 17.1 Å². The number of hydrogen-bond acceptors (Lipinski definition) is 8. The Kier molecular flexibility index (Phi) is 8.64. The van der Waals surface area contributed by atoms with Crippen LogP contribution in [0.15, 0.2) is 46.9 Å². The summed E-state index contributed by atoms with van der Waals surface area (Å²) in [5, 5.41) is 17.0. The molecular formula is C28H25Cl2N5O8. The largest absolute Gasteiger partial charge is 0.481 e. The Labute approximate surface area is 254 Å². The molecule has 2 aliphatic heterocycles. The molecule has 2 aliphatic rings. The zero-order chi connectivity index (χ0) is 30.8. The maximum Gasteiger partial charge on any atom is 0.305 e. The summed E-state index contributed by atoms with van der Waals surface area (Å²) in [6.07, 6.45) is -0.387. The van der Waals surface area contributed by atoms with Crippen molar-refractivity contribution in [1.29, 1.82) is 0 Å². The van der Waals surface area contributed by atoms with Gasteiger partial charge in [0.25, 0.3) is 17.7 Å². The third kappa shape index (κ3) is 6.32. The first-order valence-electron chi connectivity index (χ1n) is 13.3. The van der Waals surface area contributed by atoms with E-state index in [-0.39, 0.29) is 47.0 Å². The quantitative estimate of drug-likeness (QED) is 0.316. The number of nitrogens with one attached hydrogen (secondary N) is 2. The number of aromatic nitrogens is 1. The average molecular weight is 630 g/mol. The van der Waals surface area contributed by atoms with Crippen molar-refractivity contribution < 1.29 is 38.3 Å². The van der Waals surface area contributed by atoms with Gasteiger partial charge in [0.05, 0.1) is 11.4 Å². The topological polar surface area (TPSA) is 179 Å². The Hall–Kier alpha value is -4.49. The average Bonchev–Trinajstić information content (AvgIpc) is 3.37. The number of hydrogen-bond donors (Lipinski definition) is 3. The van der Waals surface area contributed by atoms with Crippen LogP contribution in [0, 0.1) is 0 Å². The lowest BCUT2D eigenvalue weighted by molar-refractivity contribution is -0.176. The number of amides is 4. The fourth-order valence-electron chi connectivity index (χ4n) is 5.10. The summed E-state index contributed by atoms with van der Waals surface area (Å²) in [4.78, 5) is 82.1. The molecule has 2 saturated heterocycles. The van der Waals surface area contributed by atoms with Crippen molar-refractivity contribution in [3.63, 3.8) is 0 Å². The van der Waals surface area contributed by atoms with Gasteiger partial charge in [0.15, 0.2) is 5.58 Å². The molecule has 15 heteroatoms. The van der Waals surface area contributed by atoms with Gasteiger partial charge in [-0.25, -0.2) is 9.99 Å². The number of carbonyl (C=O) groups excluding carboxylic acids is 5. The fraction of sp³-hybridized carbons (Fsp3) is 0.321. The van der Waals surface area contributed by atoms with Crippen molar-refractivity contribution >= 4 is 69.7 Å². The highest BCUT2D eigenvalue weighted by Crippen LogP contribution is 2.29. The van der Waals surface area contributed by atoms with Crippen molar-refractivity contribution in [2.24, 2.45) is 0 Å². The summed E-state index contributed by atoms with van der Waals surface area (Å²) in [5.41, 5.74) is 0.518. The monoisotopic (exact) mass is 629 g/mol. The van der Waals surface area contributed by atoms with Crippen LogP contribution in [0.4, 0.5) is 0 Å². The summed E-state index contributed by atoms with van der Waals surface area (Å²) < 4.78 is 5.47. The molecule has 0 saturated carbocycles. The van der Waals surface area contributed by atoms with Gasteiger partial charge in [0.2, 0.25) is 17.6 Å². The Bertz CT molecular complexity index is 1630. The number of carboxylic acid groups (broad SMARTS) is 1. The van der Waals surface area contributed by atoms with Crippen LogP contribution in [0.5, 0.6) is 0 Å². The first kappa shape index (κ1) is 30.0. The van der Waals surface area contributed by atoms with Gasteiger partial charge in [-0.1, -0.05) is 41.4 Å². The SMILES string of the molecule is O=C(O)C[C@H](NC(=O)[C@@H]1CCCN2C(=O)CC[C@H](NC(=O)c3ccccc3)C(=O)N12)C(=O)c1nc2cc(Cl)cc(Cl)c2o1. The van der Waals surface area contributed by atoms with Crippen molar-refractivity contribution in [2.45, 2.75) is 50.2 Å². The summed E-state index contributed by atoms with van der Waals surface area (Å²) in [6.45, 7) is 0.164. The van der Waals surface area contributed by atoms with E-state index in [9.17, 15) is 33.9 Å². The molecule has 2 fully saturated rings. The van der Waals surface area contributed by atoms with E-state index in [1.54, 1.807) is 30.3 Å². The van der Waals surface area contributed by atoms with Crippen molar-refractivity contribution in [3.8, 4) is 0 Å². The van der Waals surface area contributed by atoms with E-state index in [4.69, 9.17) is 27.6 Å². The number of halogens is 2. The van der Waals surface area contributed by atoms with Gasteiger partial charge in [-0.2, -0.15) is 0 Å². The summed E-state index contributed by atoms with van der Waals surface area (Å²) in [5.74, 6) is -5.32. The minimum Gasteiger partial charge on any atom is -0.481 e. The number of benzene rings is 2. The number of nitrogens with zero attached hydrogens (tertiary/aromatic N) is 3. The first-order valence-corrected chi connectivity index (χ1v) is 14.1. The molecule has 0 spiro atoms. The van der Waals surface area contributed by atoms with Crippen LogP contribution in [-0.2, 0) is 19.2 Å². The smallest absolute Gasteiger partial charge is 0.305 e. The van der Waals surface area contributed by atoms with E-state index >= 15 is 0 Å². The van der Waals surface area contributed by atoms with Crippen LogP contribution in [0.3, 0.4) is 0 Å². The highest BCUT2D eigenvalue weighted by Gasteiger charge is 2.45. The van der Waals surface area contributed by atoms with Gasteiger partial charge >= 0.3 is 5.97 Å². The van der Waals surface area contributed by atoms with Gasteiger partial charge < -0.3 is 20.2 Å². The predicted molar refractivity (Wildman–Crippen MR) is 151 cm³/mol. The normalized spacial score (nSPS) is 19.4. The number of Topliss-reactive ketones (excluding diaryl/α,β-unsaturated/α-hetero) is 1. The molecule has 3 heterocycles. The van der Waals surface area contributed by atoms with Gasteiger partial charge in [0.1, 0.15) is 23.6 Å². The Morgan fingerprint density at radius 3 is 2.56 bits per heavy atom. The number of fused-ring (bicyclic) bond motifs is 2. The molecule has 3 N–H and O–H groups in total. The Morgan fingerprint density at radius 2 is 1.84 bits per heavy atom. The van der Waals surface area contributed by atoms with Gasteiger partial charge in [-0.3, -0.25) is 33.8 Å². The third-order valence-corrected chi connectivity index (χ3v) is 7.64. The maximum absolute atomic E-state index is 13.7. The Morgan fingerprint density at radius 1 is 1.09 bits per heavy atom. The van der Waals surface area contributed by atoms with Crippen LogP contribution < -0.4 is 10.6 Å². The van der Waals surface area contributed by atoms with E-state index in [0.29, 0.717) is 12.0 Å². The molecule has 0 unspecified atom stereocenters. The van der Waals surface area contributed by atoms with Crippen LogP contribution in [0.1, 0.15) is 53.1 Å². The zero-order valence-corrected chi connectivity index (χ0v) is 23.9. The van der Waals surface area contributed by atoms with E-state index in [2.05, 4.69) is 15.6 Å². The molecule has 0 aliphatic carbocycles. The van der Waals surface area contributed by atoms with Gasteiger partial charge in [-0.15, -0.1) is 0 Å². The molecule has 2 aromatic carbocycles. The van der Waals surface area contributed by atoms with E-state index in [0.717, 1.165) is 5.01 Å². The minimum absolute atomic E-state index is 0.0159. The second kappa shape index (κ2) is 12.4. The van der Waals surface area contributed by atoms with Gasteiger partial charge in [0, 0.05) is 23.6 Å². The van der Waals surface area contributed by atoms with Crippen molar-refractivity contribution in [3.05, 3.63) is 64.0 Å². The molecular weight excluding hydrogens is 605 g/mol. The second-order valence-electron chi connectivity index (χ2n) is 10.1. The maximum atomic E-state index is 13.7. The number of carboxylic acids is 1. The molecule has 13 nitrogen and oxygen atoms in total. The molecule has 224 valence electrons. The number of ketones is 1. The summed E-state index contributed by atoms with van der Waals surface area (Å²) >= 11 is 12.1. The highest BCUT2D eigenvalue weighted by atomic mass is 35.5. The molecule has 3 atom stereocenters. The van der Waals surface area contributed by atoms with E-state index < -0.39 is 65.8 Å². The third-order valence-electron chi connectivity index (χ3n) is 7.14. The minimum atomic E-state index is -1.63. The first-order chi connectivity index (χ1) is 20.5. The lowest BCUT2D eigenvalue weighted by Crippen LogP contribution is -2.64. The molecule has 5 rings (SSSR count). The number of hydrazine groups is 1. The van der Waals surface area contributed by atoms with Crippen LogP contribution in [0.2, 0.25) is 10.0 Å². The lowest BCUT2D eigenvalue weighted by atomic mass is 10.0. The lowest BCUT2D eigenvalue weighted by Gasteiger charge is -2.43. The van der Waals surface area contributed by atoms with E-state index in [1.807, 2.05) is 0 Å². The van der Waals surface area contributed by atoms with Gasteiger partial charge in [-0.05, 0) is 43.5 Å². The van der Waals surface area contributed by atoms with Crippen molar-refractivity contribution in [2.75, 3.05) is 6.54 Å². The number of oxazole rings is 1. The zero-order valence-electron chi connectivity index (χ0n) is 22.4. The number of carbonyl (C=O) groups is 6. The molecule has 4 amide bonds. The van der Waals surface area contributed by atoms with Crippen LogP contribution in [-0.4, -0.2) is 80.2 Å². The fourth-order valence-corrected chi connectivity index (χ4v) is 5.62. The van der Waals surface area contributed by atoms with Crippen molar-refractivity contribution in [1.82, 2.24) is 25.6 Å². The number of aliphatic carboxylic acids is 1. The number of rotatable bonds is 8. The molecule has 0 radical (unpaired) electrons. The standard InChI is InChI=1S/C28H25Cl2N5O8/c29-15-11-16(30)24-19(12-15)33-27(43-24)23(39)18(13-22(37)38)32-26(41)20-7-4-10-34-21(36)9-8-17(28(42)35(20)34)31-25(40)14-5-2-1-3-6-14/h1-3,5-6,11-12,17-18,20H,4,7-10,13H2,(H,31,40)(H,32,41)(H,37,38)/t17-,18-,20-/m0/s1. The molecule has 1 aromatic heterocycles. The summed E-state index contributed by atoms with van der Waals surface area (Å²) in [6, 6.07) is 6.99. The second-order valence-corrected chi connectivity index (χ2v) is 10.9. The summed E-state index contributed by atoms with van der Waals surface area (Å²) in [7, 11) is 0. The van der Waals surface area contributed by atoms with Crippen LogP contribution >= 0.6 is 23.2 Å².